The molecule has 92 valence electrons. The van der Waals surface area contributed by atoms with Gasteiger partial charge in [0.05, 0.1) is 11.3 Å². The zero-order valence-electron chi connectivity index (χ0n) is 9.54. The van der Waals surface area contributed by atoms with Crippen molar-refractivity contribution >= 4 is 11.7 Å². The number of carboxylic acids is 1. The molecule has 18 heavy (non-hydrogen) atoms. The number of ether oxygens (including phenoxy) is 1. The van der Waals surface area contributed by atoms with Crippen molar-refractivity contribution in [2.75, 3.05) is 5.73 Å². The fraction of sp³-hybridized carbons (Fsp3) is 0.0769. The molecule has 1 aromatic carbocycles. The topological polar surface area (TPSA) is 85.4 Å². The number of anilines is 1. The summed E-state index contributed by atoms with van der Waals surface area (Å²) in [6, 6.07) is 8.06. The molecule has 5 heteroatoms. The van der Waals surface area contributed by atoms with E-state index in [1.54, 1.807) is 18.5 Å². The first kappa shape index (κ1) is 11.9. The van der Waals surface area contributed by atoms with Crippen LogP contribution in [0.5, 0.6) is 5.75 Å². The van der Waals surface area contributed by atoms with E-state index in [0.29, 0.717) is 18.0 Å². The van der Waals surface area contributed by atoms with E-state index in [1.807, 2.05) is 12.1 Å². The van der Waals surface area contributed by atoms with Crippen LogP contribution in [0.3, 0.4) is 0 Å². The number of rotatable bonds is 4. The third-order valence-electron chi connectivity index (χ3n) is 2.40. The largest absolute Gasteiger partial charge is 0.487 e. The average molecular weight is 244 g/mol. The molecule has 2 rings (SSSR count). The number of aromatic carboxylic acids is 1. The monoisotopic (exact) mass is 244 g/mol. The van der Waals surface area contributed by atoms with E-state index >= 15 is 0 Å². The molecule has 0 unspecified atom stereocenters. The summed E-state index contributed by atoms with van der Waals surface area (Å²) >= 11 is 0. The highest BCUT2D eigenvalue weighted by molar-refractivity contribution is 5.89. The summed E-state index contributed by atoms with van der Waals surface area (Å²) in [4.78, 5) is 14.6. The summed E-state index contributed by atoms with van der Waals surface area (Å²) in [6.45, 7) is 0.360. The maximum Gasteiger partial charge on any atom is 0.335 e. The van der Waals surface area contributed by atoms with E-state index in [4.69, 9.17) is 15.6 Å². The Morgan fingerprint density at radius 1 is 1.28 bits per heavy atom. The van der Waals surface area contributed by atoms with Crippen LogP contribution in [0.2, 0.25) is 0 Å². The third kappa shape index (κ3) is 2.76. The van der Waals surface area contributed by atoms with Crippen LogP contribution in [0.4, 0.5) is 5.69 Å². The van der Waals surface area contributed by atoms with Crippen molar-refractivity contribution in [3.8, 4) is 5.75 Å². The molecule has 0 radical (unpaired) electrons. The molecule has 1 heterocycles. The van der Waals surface area contributed by atoms with E-state index in [1.165, 1.54) is 12.1 Å². The van der Waals surface area contributed by atoms with E-state index in [9.17, 15) is 4.79 Å². The number of pyridine rings is 1. The molecule has 0 bridgehead atoms. The maximum absolute atomic E-state index is 10.7. The van der Waals surface area contributed by atoms with Gasteiger partial charge in [0.25, 0.3) is 0 Å². The zero-order valence-corrected chi connectivity index (χ0v) is 9.54. The van der Waals surface area contributed by atoms with Crippen molar-refractivity contribution in [3.63, 3.8) is 0 Å². The lowest BCUT2D eigenvalue weighted by atomic mass is 10.2. The number of hydrogen-bond acceptors (Lipinski definition) is 4. The normalized spacial score (nSPS) is 10.0. The van der Waals surface area contributed by atoms with Crippen molar-refractivity contribution in [2.24, 2.45) is 0 Å². The molecule has 0 aliphatic carbocycles. The van der Waals surface area contributed by atoms with Crippen LogP contribution in [0.15, 0.2) is 42.7 Å². The van der Waals surface area contributed by atoms with Gasteiger partial charge in [0, 0.05) is 12.4 Å². The zero-order chi connectivity index (χ0) is 13.0. The third-order valence-corrected chi connectivity index (χ3v) is 2.40. The molecule has 0 saturated heterocycles. The first-order valence-corrected chi connectivity index (χ1v) is 5.31. The summed E-state index contributed by atoms with van der Waals surface area (Å²) in [5.74, 6) is -0.542. The van der Waals surface area contributed by atoms with Gasteiger partial charge in [0.1, 0.15) is 12.4 Å². The highest BCUT2D eigenvalue weighted by atomic mass is 16.5. The highest BCUT2D eigenvalue weighted by Crippen LogP contribution is 2.23. The molecular weight excluding hydrogens is 232 g/mol. The minimum Gasteiger partial charge on any atom is -0.487 e. The lowest BCUT2D eigenvalue weighted by Gasteiger charge is -2.09. The average Bonchev–Trinajstić information content (AvgIpc) is 2.38. The standard InChI is InChI=1S/C13H12N2O3/c14-11-7-10(13(16)17)1-2-12(11)18-8-9-3-5-15-6-4-9/h1-7H,8,14H2,(H,16,17). The van der Waals surface area contributed by atoms with Gasteiger partial charge in [-0.25, -0.2) is 4.79 Å². The molecule has 0 atom stereocenters. The first-order chi connectivity index (χ1) is 8.66. The van der Waals surface area contributed by atoms with Crippen LogP contribution in [0, 0.1) is 0 Å². The van der Waals surface area contributed by atoms with Crippen LogP contribution in [0.25, 0.3) is 0 Å². The predicted molar refractivity (Wildman–Crippen MR) is 66.4 cm³/mol. The lowest BCUT2D eigenvalue weighted by molar-refractivity contribution is 0.0697. The van der Waals surface area contributed by atoms with Gasteiger partial charge >= 0.3 is 5.97 Å². The number of nitrogens with two attached hydrogens (primary N) is 1. The Bertz CT molecular complexity index is 555. The Morgan fingerprint density at radius 3 is 2.61 bits per heavy atom. The summed E-state index contributed by atoms with van der Waals surface area (Å²) in [6.07, 6.45) is 3.35. The molecule has 0 saturated carbocycles. The second-order valence-electron chi connectivity index (χ2n) is 3.70. The van der Waals surface area contributed by atoms with Crippen molar-refractivity contribution < 1.29 is 14.6 Å². The maximum atomic E-state index is 10.7. The molecule has 5 nitrogen and oxygen atoms in total. The summed E-state index contributed by atoms with van der Waals surface area (Å²) < 4.78 is 5.51. The van der Waals surface area contributed by atoms with Crippen LogP contribution in [0.1, 0.15) is 15.9 Å². The Balaban J connectivity index is 2.08. The predicted octanol–water partition coefficient (Wildman–Crippen LogP) is 1.94. The Labute approximate surface area is 104 Å². The van der Waals surface area contributed by atoms with E-state index in [2.05, 4.69) is 4.98 Å². The molecule has 2 aromatic rings. The van der Waals surface area contributed by atoms with Crippen molar-refractivity contribution in [1.29, 1.82) is 0 Å². The Morgan fingerprint density at radius 2 is 2.00 bits per heavy atom. The second kappa shape index (κ2) is 5.18. The van der Waals surface area contributed by atoms with Crippen molar-refractivity contribution in [2.45, 2.75) is 6.61 Å². The molecule has 3 N–H and O–H groups in total. The summed E-state index contributed by atoms with van der Waals surface area (Å²) in [5, 5.41) is 8.80. The summed E-state index contributed by atoms with van der Waals surface area (Å²) in [5.41, 5.74) is 7.14. The molecule has 1 aromatic heterocycles. The second-order valence-corrected chi connectivity index (χ2v) is 3.70. The van der Waals surface area contributed by atoms with E-state index in [-0.39, 0.29) is 5.56 Å². The van der Waals surface area contributed by atoms with Gasteiger partial charge in [-0.2, -0.15) is 0 Å². The fourth-order valence-electron chi connectivity index (χ4n) is 1.45. The molecule has 0 amide bonds. The molecule has 0 aliphatic heterocycles. The van der Waals surface area contributed by atoms with Gasteiger partial charge < -0.3 is 15.6 Å². The molecule has 0 fully saturated rings. The number of carbonyl (C=O) groups is 1. The van der Waals surface area contributed by atoms with E-state index in [0.717, 1.165) is 5.56 Å². The number of carboxylic acid groups (broad SMARTS) is 1. The van der Waals surface area contributed by atoms with Gasteiger partial charge in [-0.1, -0.05) is 0 Å². The van der Waals surface area contributed by atoms with Gasteiger partial charge in [0.2, 0.25) is 0 Å². The van der Waals surface area contributed by atoms with Crippen molar-refractivity contribution in [3.05, 3.63) is 53.9 Å². The first-order valence-electron chi connectivity index (χ1n) is 5.31. The Hall–Kier alpha value is -2.56. The van der Waals surface area contributed by atoms with E-state index < -0.39 is 5.97 Å². The van der Waals surface area contributed by atoms with Gasteiger partial charge in [-0.3, -0.25) is 4.98 Å². The molecule has 0 aliphatic rings. The summed E-state index contributed by atoms with van der Waals surface area (Å²) in [7, 11) is 0. The van der Waals surface area contributed by atoms with Crippen LogP contribution >= 0.6 is 0 Å². The molecular formula is C13H12N2O3. The quantitative estimate of drug-likeness (QED) is 0.803. The number of nitrogens with zero attached hydrogens (tertiary/aromatic N) is 1. The number of nitrogen functional groups attached to an aromatic ring is 1. The smallest absolute Gasteiger partial charge is 0.335 e. The molecule has 0 spiro atoms. The van der Waals surface area contributed by atoms with Gasteiger partial charge in [-0.15, -0.1) is 0 Å². The minimum absolute atomic E-state index is 0.142. The lowest BCUT2D eigenvalue weighted by Crippen LogP contribution is -2.02. The fourth-order valence-corrected chi connectivity index (χ4v) is 1.45. The SMILES string of the molecule is Nc1cc(C(=O)O)ccc1OCc1ccncc1. The number of aromatic nitrogens is 1. The Kier molecular flexibility index (Phi) is 3.43. The highest BCUT2D eigenvalue weighted by Gasteiger charge is 2.07. The minimum atomic E-state index is -1.01. The van der Waals surface area contributed by atoms with Gasteiger partial charge in [0.15, 0.2) is 0 Å². The van der Waals surface area contributed by atoms with Crippen LogP contribution in [-0.2, 0) is 6.61 Å². The van der Waals surface area contributed by atoms with Crippen LogP contribution in [-0.4, -0.2) is 16.1 Å². The van der Waals surface area contributed by atoms with Gasteiger partial charge in [-0.05, 0) is 35.9 Å². The van der Waals surface area contributed by atoms with Crippen LogP contribution < -0.4 is 10.5 Å². The number of hydrogen-bond donors (Lipinski definition) is 2. The van der Waals surface area contributed by atoms with Crippen molar-refractivity contribution in [1.82, 2.24) is 4.98 Å². The number of benzene rings is 1.